The zero-order valence-corrected chi connectivity index (χ0v) is 16.6. The molecule has 6 heteroatoms. The van der Waals surface area contributed by atoms with Crippen molar-refractivity contribution in [1.29, 1.82) is 5.26 Å². The fraction of sp³-hybridized carbons (Fsp3) is 0.409. The molecule has 1 aromatic carbocycles. The number of rotatable bonds is 4. The topological polar surface area (TPSA) is 75.3 Å². The van der Waals surface area contributed by atoms with Gasteiger partial charge in [-0.1, -0.05) is 17.7 Å². The first-order valence-electron chi connectivity index (χ1n) is 9.61. The molecule has 2 aromatic rings. The number of aryl methyl sites for hydroxylation is 2. The van der Waals surface area contributed by atoms with E-state index in [9.17, 15) is 14.9 Å². The quantitative estimate of drug-likeness (QED) is 0.763. The Morgan fingerprint density at radius 3 is 2.75 bits per heavy atom. The SMILES string of the molecule is CCOC(=O)C1CCCN(C(=O)c2c(C#N)ccn2-c2ccc(C)cc2C)C1. The molecule has 146 valence electrons. The summed E-state index contributed by atoms with van der Waals surface area (Å²) in [6.45, 7) is 7.00. The largest absolute Gasteiger partial charge is 0.466 e. The maximum atomic E-state index is 13.3. The summed E-state index contributed by atoms with van der Waals surface area (Å²) in [5, 5.41) is 9.54. The second-order valence-electron chi connectivity index (χ2n) is 7.19. The van der Waals surface area contributed by atoms with Crippen molar-refractivity contribution in [3.63, 3.8) is 0 Å². The predicted molar refractivity (Wildman–Crippen MR) is 105 cm³/mol. The van der Waals surface area contributed by atoms with E-state index in [2.05, 4.69) is 6.07 Å². The highest BCUT2D eigenvalue weighted by molar-refractivity contribution is 5.96. The zero-order chi connectivity index (χ0) is 20.3. The summed E-state index contributed by atoms with van der Waals surface area (Å²) < 4.78 is 6.91. The Kier molecular flexibility index (Phi) is 5.84. The second kappa shape index (κ2) is 8.30. The maximum absolute atomic E-state index is 13.3. The highest BCUT2D eigenvalue weighted by atomic mass is 16.5. The molecule has 1 aliphatic heterocycles. The van der Waals surface area contributed by atoms with Crippen LogP contribution in [-0.2, 0) is 9.53 Å². The number of esters is 1. The Hall–Kier alpha value is -3.07. The molecule has 0 radical (unpaired) electrons. The number of hydrogen-bond donors (Lipinski definition) is 0. The minimum absolute atomic E-state index is 0.226. The van der Waals surface area contributed by atoms with Crippen molar-refractivity contribution in [2.24, 2.45) is 5.92 Å². The van der Waals surface area contributed by atoms with E-state index in [1.807, 2.05) is 32.0 Å². The van der Waals surface area contributed by atoms with Gasteiger partial charge >= 0.3 is 5.97 Å². The number of nitriles is 1. The Morgan fingerprint density at radius 2 is 2.07 bits per heavy atom. The highest BCUT2D eigenvalue weighted by Crippen LogP contribution is 2.25. The zero-order valence-electron chi connectivity index (χ0n) is 16.6. The van der Waals surface area contributed by atoms with Crippen molar-refractivity contribution < 1.29 is 14.3 Å². The molecule has 1 aromatic heterocycles. The first-order valence-corrected chi connectivity index (χ1v) is 9.61. The number of carbonyl (C=O) groups is 2. The molecular weight excluding hydrogens is 354 g/mol. The van der Waals surface area contributed by atoms with Gasteiger partial charge in [0.2, 0.25) is 0 Å². The van der Waals surface area contributed by atoms with Crippen LogP contribution in [-0.4, -0.2) is 41.0 Å². The van der Waals surface area contributed by atoms with Crippen molar-refractivity contribution in [2.45, 2.75) is 33.6 Å². The molecular formula is C22H25N3O3. The monoisotopic (exact) mass is 379 g/mol. The summed E-state index contributed by atoms with van der Waals surface area (Å²) in [6, 6.07) is 9.79. The lowest BCUT2D eigenvalue weighted by Gasteiger charge is -2.32. The average molecular weight is 379 g/mol. The van der Waals surface area contributed by atoms with Gasteiger partial charge in [0.05, 0.1) is 18.1 Å². The first kappa shape index (κ1) is 19.7. The minimum atomic E-state index is -0.312. The number of ether oxygens (including phenoxy) is 1. The van der Waals surface area contributed by atoms with Crippen LogP contribution < -0.4 is 0 Å². The molecule has 0 spiro atoms. The van der Waals surface area contributed by atoms with Crippen LogP contribution in [0.4, 0.5) is 0 Å². The molecule has 28 heavy (non-hydrogen) atoms. The number of hydrogen-bond acceptors (Lipinski definition) is 4. The van der Waals surface area contributed by atoms with E-state index in [0.717, 1.165) is 23.2 Å². The van der Waals surface area contributed by atoms with Crippen molar-refractivity contribution in [1.82, 2.24) is 9.47 Å². The van der Waals surface area contributed by atoms with E-state index in [4.69, 9.17) is 4.74 Å². The lowest BCUT2D eigenvalue weighted by molar-refractivity contribution is -0.149. The fourth-order valence-electron chi connectivity index (χ4n) is 3.78. The number of piperidine rings is 1. The van der Waals surface area contributed by atoms with Crippen LogP contribution in [0.5, 0.6) is 0 Å². The number of benzene rings is 1. The van der Waals surface area contributed by atoms with Gasteiger partial charge < -0.3 is 14.2 Å². The van der Waals surface area contributed by atoms with Crippen LogP contribution in [0.1, 0.15) is 46.9 Å². The third-order valence-corrected chi connectivity index (χ3v) is 5.15. The van der Waals surface area contributed by atoms with Gasteiger partial charge in [0, 0.05) is 25.0 Å². The van der Waals surface area contributed by atoms with Crippen molar-refractivity contribution >= 4 is 11.9 Å². The number of amides is 1. The molecule has 1 aliphatic rings. The number of likely N-dealkylation sites (tertiary alicyclic amines) is 1. The molecule has 1 unspecified atom stereocenters. The number of aromatic nitrogens is 1. The van der Waals surface area contributed by atoms with Crippen LogP contribution in [0.2, 0.25) is 0 Å². The van der Waals surface area contributed by atoms with Crippen molar-refractivity contribution in [3.05, 3.63) is 52.8 Å². The van der Waals surface area contributed by atoms with Crippen LogP contribution in [0.3, 0.4) is 0 Å². The van der Waals surface area contributed by atoms with Crippen LogP contribution in [0.15, 0.2) is 30.5 Å². The molecule has 1 amide bonds. The van der Waals surface area contributed by atoms with E-state index in [1.165, 1.54) is 0 Å². The van der Waals surface area contributed by atoms with E-state index in [0.29, 0.717) is 37.4 Å². The van der Waals surface area contributed by atoms with Gasteiger partial charge in [-0.2, -0.15) is 5.26 Å². The predicted octanol–water partition coefficient (Wildman–Crippen LogP) is 3.38. The van der Waals surface area contributed by atoms with E-state index >= 15 is 0 Å². The lowest BCUT2D eigenvalue weighted by Crippen LogP contribution is -2.43. The summed E-state index contributed by atoms with van der Waals surface area (Å²) >= 11 is 0. The van der Waals surface area contributed by atoms with Crippen molar-refractivity contribution in [3.8, 4) is 11.8 Å². The Balaban J connectivity index is 1.94. The normalized spacial score (nSPS) is 16.5. The molecule has 6 nitrogen and oxygen atoms in total. The number of nitrogens with zero attached hydrogens (tertiary/aromatic N) is 3. The summed E-state index contributed by atoms with van der Waals surface area (Å²) in [7, 11) is 0. The van der Waals surface area contributed by atoms with Crippen molar-refractivity contribution in [2.75, 3.05) is 19.7 Å². The molecule has 1 fully saturated rings. The minimum Gasteiger partial charge on any atom is -0.466 e. The third-order valence-electron chi connectivity index (χ3n) is 5.15. The lowest BCUT2D eigenvalue weighted by atomic mass is 9.97. The molecule has 1 saturated heterocycles. The van der Waals surface area contributed by atoms with Gasteiger partial charge in [0.1, 0.15) is 11.8 Å². The highest BCUT2D eigenvalue weighted by Gasteiger charge is 2.32. The summed E-state index contributed by atoms with van der Waals surface area (Å²) in [5.41, 5.74) is 3.71. The Morgan fingerprint density at radius 1 is 1.29 bits per heavy atom. The van der Waals surface area contributed by atoms with Crippen LogP contribution in [0, 0.1) is 31.1 Å². The molecule has 2 heterocycles. The van der Waals surface area contributed by atoms with E-state index in [1.54, 1.807) is 28.7 Å². The second-order valence-corrected chi connectivity index (χ2v) is 7.19. The standard InChI is InChI=1S/C22H25N3O3/c1-4-28-22(27)18-6-5-10-24(14-18)21(26)20-17(13-23)9-11-25(20)19-8-7-15(2)12-16(19)3/h7-9,11-12,18H,4-6,10,14H2,1-3H3. The first-order chi connectivity index (χ1) is 13.5. The number of carbonyl (C=O) groups excluding carboxylic acids is 2. The van der Waals surface area contributed by atoms with Gasteiger partial charge in [0.15, 0.2) is 0 Å². The van der Waals surface area contributed by atoms with Crippen LogP contribution >= 0.6 is 0 Å². The molecule has 0 saturated carbocycles. The molecule has 0 aliphatic carbocycles. The van der Waals surface area contributed by atoms with Gasteiger partial charge in [-0.25, -0.2) is 0 Å². The third kappa shape index (κ3) is 3.79. The molecule has 0 bridgehead atoms. The molecule has 1 atom stereocenters. The summed E-state index contributed by atoms with van der Waals surface area (Å²) in [6.07, 6.45) is 3.21. The molecule has 3 rings (SSSR count). The summed E-state index contributed by atoms with van der Waals surface area (Å²) in [4.78, 5) is 27.1. The summed E-state index contributed by atoms with van der Waals surface area (Å²) in [5.74, 6) is -0.798. The van der Waals surface area contributed by atoms with Gasteiger partial charge in [-0.15, -0.1) is 0 Å². The smallest absolute Gasteiger partial charge is 0.310 e. The Labute approximate surface area is 165 Å². The van der Waals surface area contributed by atoms with Gasteiger partial charge in [-0.3, -0.25) is 9.59 Å². The Bertz CT molecular complexity index is 939. The fourth-order valence-corrected chi connectivity index (χ4v) is 3.78. The van der Waals surface area contributed by atoms with Gasteiger partial charge in [0.25, 0.3) is 5.91 Å². The average Bonchev–Trinajstić information content (AvgIpc) is 3.11. The van der Waals surface area contributed by atoms with E-state index < -0.39 is 0 Å². The van der Waals surface area contributed by atoms with Crippen LogP contribution in [0.25, 0.3) is 5.69 Å². The van der Waals surface area contributed by atoms with Gasteiger partial charge in [-0.05, 0) is 51.3 Å². The maximum Gasteiger partial charge on any atom is 0.310 e. The molecule has 0 N–H and O–H groups in total. The van der Waals surface area contributed by atoms with E-state index in [-0.39, 0.29) is 17.8 Å².